The molecule has 0 saturated carbocycles. The van der Waals surface area contributed by atoms with E-state index in [-0.39, 0.29) is 0 Å². The number of nitriles is 2. The van der Waals surface area contributed by atoms with E-state index < -0.39 is 6.04 Å². The number of nitrogens with one attached hydrogen (secondary N) is 1. The zero-order valence-electron chi connectivity index (χ0n) is 11.9. The minimum atomic E-state index is -0.522. The Morgan fingerprint density at radius 3 is 2.38 bits per heavy atom. The quantitative estimate of drug-likeness (QED) is 0.927. The van der Waals surface area contributed by atoms with Crippen LogP contribution >= 0.6 is 0 Å². The monoisotopic (exact) mass is 277 g/mol. The third kappa shape index (κ3) is 3.32. The van der Waals surface area contributed by atoms with Crippen LogP contribution in [0.4, 0.5) is 5.69 Å². The van der Waals surface area contributed by atoms with Crippen LogP contribution in [0.25, 0.3) is 0 Å². The van der Waals surface area contributed by atoms with Crippen LogP contribution in [0.15, 0.2) is 42.5 Å². The molecule has 1 unspecified atom stereocenters. The molecule has 0 aliphatic carbocycles. The number of aryl methyl sites for hydroxylation is 1. The van der Waals surface area contributed by atoms with Crippen LogP contribution < -0.4 is 10.1 Å². The Labute approximate surface area is 124 Å². The van der Waals surface area contributed by atoms with Crippen LogP contribution in [0.1, 0.15) is 22.7 Å². The molecule has 1 atom stereocenters. The van der Waals surface area contributed by atoms with E-state index >= 15 is 0 Å². The lowest BCUT2D eigenvalue weighted by molar-refractivity contribution is 0.413. The van der Waals surface area contributed by atoms with Crippen molar-refractivity contribution in [1.29, 1.82) is 10.5 Å². The van der Waals surface area contributed by atoms with Crippen molar-refractivity contribution >= 4 is 5.69 Å². The van der Waals surface area contributed by atoms with E-state index in [4.69, 9.17) is 10.00 Å². The molecule has 0 bridgehead atoms. The average molecular weight is 277 g/mol. The molecule has 0 amide bonds. The molecule has 0 fully saturated rings. The lowest BCUT2D eigenvalue weighted by Crippen LogP contribution is -2.09. The second-order valence-corrected chi connectivity index (χ2v) is 4.64. The van der Waals surface area contributed by atoms with Crippen LogP contribution in [0, 0.1) is 29.6 Å². The van der Waals surface area contributed by atoms with Gasteiger partial charge < -0.3 is 10.1 Å². The van der Waals surface area contributed by atoms with Crippen molar-refractivity contribution in [3.05, 3.63) is 59.2 Å². The van der Waals surface area contributed by atoms with Crippen molar-refractivity contribution in [1.82, 2.24) is 0 Å². The fourth-order valence-electron chi connectivity index (χ4n) is 2.00. The van der Waals surface area contributed by atoms with Gasteiger partial charge in [-0.25, -0.2) is 0 Å². The number of rotatable bonds is 4. The van der Waals surface area contributed by atoms with Crippen molar-refractivity contribution in [3.8, 4) is 17.9 Å². The largest absolute Gasteiger partial charge is 0.495 e. The van der Waals surface area contributed by atoms with Gasteiger partial charge in [0.15, 0.2) is 0 Å². The molecular formula is C17H15N3O. The smallest absolute Gasteiger partial charge is 0.140 e. The summed E-state index contributed by atoms with van der Waals surface area (Å²) in [6, 6.07) is 16.7. The van der Waals surface area contributed by atoms with Gasteiger partial charge in [-0.3, -0.25) is 0 Å². The highest BCUT2D eigenvalue weighted by Crippen LogP contribution is 2.25. The van der Waals surface area contributed by atoms with Crippen molar-refractivity contribution < 1.29 is 4.74 Å². The summed E-state index contributed by atoms with van der Waals surface area (Å²) < 4.78 is 5.11. The van der Waals surface area contributed by atoms with Crippen molar-refractivity contribution in [2.45, 2.75) is 13.0 Å². The van der Waals surface area contributed by atoms with Gasteiger partial charge in [-0.2, -0.15) is 10.5 Å². The normalized spacial score (nSPS) is 11.0. The molecule has 1 N–H and O–H groups in total. The summed E-state index contributed by atoms with van der Waals surface area (Å²) >= 11 is 0. The molecule has 104 valence electrons. The molecule has 0 aromatic heterocycles. The highest BCUT2D eigenvalue weighted by atomic mass is 16.5. The molecule has 0 heterocycles. The van der Waals surface area contributed by atoms with E-state index in [1.54, 1.807) is 18.2 Å². The number of hydrogen-bond acceptors (Lipinski definition) is 4. The highest BCUT2D eigenvalue weighted by Gasteiger charge is 2.13. The Kier molecular flexibility index (Phi) is 4.43. The molecule has 2 rings (SSSR count). The maximum atomic E-state index is 9.36. The van der Waals surface area contributed by atoms with Gasteiger partial charge >= 0.3 is 0 Å². The van der Waals surface area contributed by atoms with Crippen LogP contribution in [0.2, 0.25) is 0 Å². The summed E-state index contributed by atoms with van der Waals surface area (Å²) in [5, 5.41) is 21.6. The molecular weight excluding hydrogens is 262 g/mol. The molecule has 21 heavy (non-hydrogen) atoms. The number of benzene rings is 2. The number of methoxy groups -OCH3 is 1. The summed E-state index contributed by atoms with van der Waals surface area (Å²) in [6.07, 6.45) is 0. The van der Waals surface area contributed by atoms with Gasteiger partial charge in [-0.15, -0.1) is 0 Å². The van der Waals surface area contributed by atoms with E-state index in [2.05, 4.69) is 17.5 Å². The first-order valence-electron chi connectivity index (χ1n) is 6.49. The Balaban J connectivity index is 2.28. The summed E-state index contributed by atoms with van der Waals surface area (Å²) in [5.74, 6) is 0.508. The van der Waals surface area contributed by atoms with Crippen molar-refractivity contribution in [2.24, 2.45) is 0 Å². The Hall–Kier alpha value is -2.98. The molecule has 2 aromatic carbocycles. The van der Waals surface area contributed by atoms with Crippen LogP contribution in [0.5, 0.6) is 5.75 Å². The number of anilines is 1. The van der Waals surface area contributed by atoms with Gasteiger partial charge in [0.05, 0.1) is 18.7 Å². The van der Waals surface area contributed by atoms with E-state index in [0.717, 1.165) is 16.8 Å². The standard InChI is InChI=1S/C17H15N3O/c1-12-3-6-15(7-4-12)20-16(11-19)13-5-8-17(21-2)14(9-13)10-18/h3-9,16,20H,1-2H3. The Bertz CT molecular complexity index is 708. The minimum Gasteiger partial charge on any atom is -0.495 e. The third-order valence-corrected chi connectivity index (χ3v) is 3.17. The second-order valence-electron chi connectivity index (χ2n) is 4.64. The van der Waals surface area contributed by atoms with E-state index in [0.29, 0.717) is 11.3 Å². The van der Waals surface area contributed by atoms with Gasteiger partial charge in [-0.1, -0.05) is 23.8 Å². The fourth-order valence-corrected chi connectivity index (χ4v) is 2.00. The zero-order valence-corrected chi connectivity index (χ0v) is 11.9. The lowest BCUT2D eigenvalue weighted by atomic mass is 10.0. The molecule has 0 spiro atoms. The first-order chi connectivity index (χ1) is 10.2. The molecule has 0 aliphatic rings. The zero-order chi connectivity index (χ0) is 15.2. The molecule has 0 aliphatic heterocycles. The van der Waals surface area contributed by atoms with Crippen LogP contribution in [-0.4, -0.2) is 7.11 Å². The van der Waals surface area contributed by atoms with E-state index in [9.17, 15) is 5.26 Å². The van der Waals surface area contributed by atoms with Gasteiger partial charge in [0.1, 0.15) is 17.9 Å². The summed E-state index contributed by atoms with van der Waals surface area (Å²) in [4.78, 5) is 0. The Morgan fingerprint density at radius 1 is 1.10 bits per heavy atom. The highest BCUT2D eigenvalue weighted by molar-refractivity contribution is 5.51. The number of nitrogens with zero attached hydrogens (tertiary/aromatic N) is 2. The molecule has 0 saturated heterocycles. The van der Waals surface area contributed by atoms with Crippen LogP contribution in [0.3, 0.4) is 0 Å². The number of ether oxygens (including phenoxy) is 1. The maximum Gasteiger partial charge on any atom is 0.140 e. The summed E-state index contributed by atoms with van der Waals surface area (Å²) in [5.41, 5.74) is 3.17. The fraction of sp³-hybridized carbons (Fsp3) is 0.176. The van der Waals surface area contributed by atoms with Crippen molar-refractivity contribution in [2.75, 3.05) is 12.4 Å². The predicted molar refractivity (Wildman–Crippen MR) is 80.9 cm³/mol. The molecule has 4 nitrogen and oxygen atoms in total. The second kappa shape index (κ2) is 6.45. The van der Waals surface area contributed by atoms with Gasteiger partial charge in [0.2, 0.25) is 0 Å². The van der Waals surface area contributed by atoms with E-state index in [1.165, 1.54) is 7.11 Å². The molecule has 0 radical (unpaired) electrons. The SMILES string of the molecule is COc1ccc(C(C#N)Nc2ccc(C)cc2)cc1C#N. The topological polar surface area (TPSA) is 68.8 Å². The van der Waals surface area contributed by atoms with Gasteiger partial charge in [0.25, 0.3) is 0 Å². The van der Waals surface area contributed by atoms with Crippen LogP contribution in [-0.2, 0) is 0 Å². The molecule has 2 aromatic rings. The van der Waals surface area contributed by atoms with Gasteiger partial charge in [-0.05, 0) is 36.8 Å². The molecule has 4 heteroatoms. The van der Waals surface area contributed by atoms with Gasteiger partial charge in [0, 0.05) is 5.69 Å². The first kappa shape index (κ1) is 14.4. The first-order valence-corrected chi connectivity index (χ1v) is 6.49. The minimum absolute atomic E-state index is 0.418. The maximum absolute atomic E-state index is 9.36. The third-order valence-electron chi connectivity index (χ3n) is 3.17. The predicted octanol–water partition coefficient (Wildman–Crippen LogP) is 3.55. The average Bonchev–Trinajstić information content (AvgIpc) is 2.53. The van der Waals surface area contributed by atoms with E-state index in [1.807, 2.05) is 31.2 Å². The summed E-state index contributed by atoms with van der Waals surface area (Å²) in [6.45, 7) is 2.01. The number of hydrogen-bond donors (Lipinski definition) is 1. The Morgan fingerprint density at radius 2 is 1.81 bits per heavy atom. The summed E-state index contributed by atoms with van der Waals surface area (Å²) in [7, 11) is 1.52. The lowest BCUT2D eigenvalue weighted by Gasteiger charge is -2.14. The van der Waals surface area contributed by atoms with Crippen molar-refractivity contribution in [3.63, 3.8) is 0 Å².